The van der Waals surface area contributed by atoms with E-state index in [0.29, 0.717) is 18.4 Å². The summed E-state index contributed by atoms with van der Waals surface area (Å²) in [6.45, 7) is 6.27. The quantitative estimate of drug-likeness (QED) is 0.925. The smallest absolute Gasteiger partial charge is 0.222 e. The van der Waals surface area contributed by atoms with Crippen molar-refractivity contribution in [1.29, 1.82) is 0 Å². The van der Waals surface area contributed by atoms with Crippen LogP contribution in [0.4, 0.5) is 0 Å². The van der Waals surface area contributed by atoms with E-state index in [-0.39, 0.29) is 16.9 Å². The molecule has 1 aromatic carbocycles. The molecule has 0 saturated heterocycles. The average Bonchev–Trinajstić information content (AvgIpc) is 2.36. The Balaban J connectivity index is 2.17. The number of carbonyl (C=O) groups excluding carboxylic acids is 1. The molecule has 0 fully saturated rings. The largest absolute Gasteiger partial charge is 0.351 e. The van der Waals surface area contributed by atoms with E-state index < -0.39 is 0 Å². The number of rotatable bonds is 3. The Kier molecular flexibility index (Phi) is 3.88. The summed E-state index contributed by atoms with van der Waals surface area (Å²) in [4.78, 5) is 23.5. The fourth-order valence-electron chi connectivity index (χ4n) is 2.03. The van der Waals surface area contributed by atoms with Crippen LogP contribution >= 0.6 is 0 Å². The van der Waals surface area contributed by atoms with Gasteiger partial charge >= 0.3 is 0 Å². The van der Waals surface area contributed by atoms with Gasteiger partial charge in [0.15, 0.2) is 0 Å². The van der Waals surface area contributed by atoms with Crippen LogP contribution < -0.4 is 10.7 Å². The standard InChI is InChI=1S/C15H19N3O2/c1-15(2,3)17-14(20)8-9-18-12-7-5-4-6-11(12)13(19)10-16-18/h4-7,10H,8-9H2,1-3H3,(H,17,20). The van der Waals surface area contributed by atoms with E-state index in [0.717, 1.165) is 5.52 Å². The third kappa shape index (κ3) is 3.44. The fraction of sp³-hybridized carbons (Fsp3) is 0.400. The maximum atomic E-state index is 11.8. The van der Waals surface area contributed by atoms with Crippen molar-refractivity contribution in [2.45, 2.75) is 39.3 Å². The topological polar surface area (TPSA) is 64.0 Å². The van der Waals surface area contributed by atoms with Crippen LogP contribution in [0.2, 0.25) is 0 Å². The first-order chi connectivity index (χ1) is 9.37. The molecule has 1 amide bonds. The first kappa shape index (κ1) is 14.2. The van der Waals surface area contributed by atoms with E-state index in [2.05, 4.69) is 10.4 Å². The summed E-state index contributed by atoms with van der Waals surface area (Å²) < 4.78 is 1.69. The maximum absolute atomic E-state index is 11.8. The van der Waals surface area contributed by atoms with Crippen LogP contribution in [0.25, 0.3) is 10.9 Å². The molecule has 5 heteroatoms. The summed E-state index contributed by atoms with van der Waals surface area (Å²) in [6.07, 6.45) is 1.63. The number of para-hydroxylation sites is 1. The van der Waals surface area contributed by atoms with Crippen LogP contribution in [-0.2, 0) is 11.3 Å². The summed E-state index contributed by atoms with van der Waals surface area (Å²) in [7, 11) is 0. The second kappa shape index (κ2) is 5.45. The van der Waals surface area contributed by atoms with Crippen LogP contribution in [0, 0.1) is 0 Å². The minimum Gasteiger partial charge on any atom is -0.351 e. The first-order valence-corrected chi connectivity index (χ1v) is 6.63. The van der Waals surface area contributed by atoms with Gasteiger partial charge in [0.1, 0.15) is 0 Å². The lowest BCUT2D eigenvalue weighted by Gasteiger charge is -2.20. The molecular formula is C15H19N3O2. The van der Waals surface area contributed by atoms with Crippen molar-refractivity contribution < 1.29 is 4.79 Å². The third-order valence-electron chi connectivity index (χ3n) is 2.83. The molecule has 0 aliphatic heterocycles. The van der Waals surface area contributed by atoms with Crippen molar-refractivity contribution in [3.05, 3.63) is 40.7 Å². The van der Waals surface area contributed by atoms with Crippen LogP contribution in [0.5, 0.6) is 0 Å². The number of benzene rings is 1. The lowest BCUT2D eigenvalue weighted by Crippen LogP contribution is -2.40. The Morgan fingerprint density at radius 3 is 2.70 bits per heavy atom. The molecule has 0 unspecified atom stereocenters. The molecule has 2 aromatic rings. The summed E-state index contributed by atoms with van der Waals surface area (Å²) in [5.74, 6) is -0.0259. The summed E-state index contributed by atoms with van der Waals surface area (Å²) >= 11 is 0. The number of hydrogen-bond donors (Lipinski definition) is 1. The molecule has 0 aliphatic carbocycles. The third-order valence-corrected chi connectivity index (χ3v) is 2.83. The fourth-order valence-corrected chi connectivity index (χ4v) is 2.03. The number of aryl methyl sites for hydroxylation is 1. The van der Waals surface area contributed by atoms with E-state index in [1.165, 1.54) is 6.20 Å². The minimum absolute atomic E-state index is 0.0259. The molecule has 0 atom stereocenters. The van der Waals surface area contributed by atoms with Crippen molar-refractivity contribution in [1.82, 2.24) is 15.1 Å². The maximum Gasteiger partial charge on any atom is 0.222 e. The second-order valence-corrected chi connectivity index (χ2v) is 5.80. The first-order valence-electron chi connectivity index (χ1n) is 6.63. The Hall–Kier alpha value is -2.17. The zero-order valence-electron chi connectivity index (χ0n) is 12.0. The minimum atomic E-state index is -0.240. The SMILES string of the molecule is CC(C)(C)NC(=O)CCn1ncc(=O)c2ccccc21. The van der Waals surface area contributed by atoms with Crippen molar-refractivity contribution in [3.8, 4) is 0 Å². The van der Waals surface area contributed by atoms with E-state index >= 15 is 0 Å². The van der Waals surface area contributed by atoms with E-state index in [9.17, 15) is 9.59 Å². The zero-order chi connectivity index (χ0) is 14.8. The summed E-state index contributed by atoms with van der Waals surface area (Å²) in [6, 6.07) is 7.28. The lowest BCUT2D eigenvalue weighted by atomic mass is 10.1. The van der Waals surface area contributed by atoms with Crippen molar-refractivity contribution in [2.75, 3.05) is 0 Å². The number of nitrogens with zero attached hydrogens (tertiary/aromatic N) is 2. The van der Waals surface area contributed by atoms with Gasteiger partial charge in [-0.1, -0.05) is 12.1 Å². The van der Waals surface area contributed by atoms with Gasteiger partial charge in [0.2, 0.25) is 11.3 Å². The molecule has 0 spiro atoms. The number of fused-ring (bicyclic) bond motifs is 1. The number of nitrogens with one attached hydrogen (secondary N) is 1. The number of amides is 1. The molecule has 0 bridgehead atoms. The molecule has 1 aromatic heterocycles. The van der Waals surface area contributed by atoms with Crippen molar-refractivity contribution in [3.63, 3.8) is 0 Å². The highest BCUT2D eigenvalue weighted by molar-refractivity contribution is 5.79. The predicted octanol–water partition coefficient (Wildman–Crippen LogP) is 1.70. The molecule has 106 valence electrons. The molecule has 0 aliphatic rings. The van der Waals surface area contributed by atoms with Crippen LogP contribution in [0.1, 0.15) is 27.2 Å². The van der Waals surface area contributed by atoms with Crippen LogP contribution in [-0.4, -0.2) is 21.2 Å². The lowest BCUT2D eigenvalue weighted by molar-refractivity contribution is -0.122. The van der Waals surface area contributed by atoms with Gasteiger partial charge < -0.3 is 5.32 Å². The van der Waals surface area contributed by atoms with Crippen LogP contribution in [0.15, 0.2) is 35.3 Å². The predicted molar refractivity (Wildman–Crippen MR) is 78.5 cm³/mol. The average molecular weight is 273 g/mol. The molecule has 2 rings (SSSR count). The zero-order valence-corrected chi connectivity index (χ0v) is 12.0. The normalized spacial score (nSPS) is 11.6. The molecule has 1 N–H and O–H groups in total. The van der Waals surface area contributed by atoms with Gasteiger partial charge in [-0.2, -0.15) is 5.10 Å². The monoisotopic (exact) mass is 273 g/mol. The Morgan fingerprint density at radius 2 is 2.00 bits per heavy atom. The summed E-state index contributed by atoms with van der Waals surface area (Å²) in [5.41, 5.74) is 0.412. The van der Waals surface area contributed by atoms with Crippen molar-refractivity contribution >= 4 is 16.8 Å². The second-order valence-electron chi connectivity index (χ2n) is 5.80. The number of carbonyl (C=O) groups is 1. The van der Waals surface area contributed by atoms with Gasteiger partial charge in [0.25, 0.3) is 0 Å². The van der Waals surface area contributed by atoms with E-state index in [4.69, 9.17) is 0 Å². The van der Waals surface area contributed by atoms with E-state index in [1.807, 2.05) is 39.0 Å². The molecule has 0 radical (unpaired) electrons. The van der Waals surface area contributed by atoms with Crippen molar-refractivity contribution in [2.24, 2.45) is 0 Å². The summed E-state index contributed by atoms with van der Waals surface area (Å²) in [5, 5.41) is 7.63. The van der Waals surface area contributed by atoms with Gasteiger partial charge in [0.05, 0.1) is 18.3 Å². The highest BCUT2D eigenvalue weighted by Gasteiger charge is 2.13. The highest BCUT2D eigenvalue weighted by atomic mass is 16.1. The van der Waals surface area contributed by atoms with Gasteiger partial charge in [-0.05, 0) is 32.9 Å². The number of hydrogen-bond acceptors (Lipinski definition) is 3. The Morgan fingerprint density at radius 1 is 1.30 bits per heavy atom. The molecule has 1 heterocycles. The molecule has 20 heavy (non-hydrogen) atoms. The van der Waals surface area contributed by atoms with Gasteiger partial charge in [-0.25, -0.2) is 0 Å². The van der Waals surface area contributed by atoms with Crippen LogP contribution in [0.3, 0.4) is 0 Å². The van der Waals surface area contributed by atoms with Gasteiger partial charge in [0, 0.05) is 17.3 Å². The number of aromatic nitrogens is 2. The van der Waals surface area contributed by atoms with Gasteiger partial charge in [-0.15, -0.1) is 0 Å². The Bertz CT molecular complexity index is 683. The highest BCUT2D eigenvalue weighted by Crippen LogP contribution is 2.08. The van der Waals surface area contributed by atoms with E-state index in [1.54, 1.807) is 10.7 Å². The van der Waals surface area contributed by atoms with Gasteiger partial charge in [-0.3, -0.25) is 14.3 Å². The molecule has 5 nitrogen and oxygen atoms in total. The Labute approximate surface area is 117 Å². The molecule has 0 saturated carbocycles. The molecular weight excluding hydrogens is 254 g/mol.